The lowest BCUT2D eigenvalue weighted by atomic mass is 9.93. The summed E-state index contributed by atoms with van der Waals surface area (Å²) < 4.78 is 5.22. The molecule has 3 heteroatoms. The van der Waals surface area contributed by atoms with E-state index in [9.17, 15) is 0 Å². The molecule has 0 bridgehead atoms. The van der Waals surface area contributed by atoms with Crippen LogP contribution < -0.4 is 10.1 Å². The summed E-state index contributed by atoms with van der Waals surface area (Å²) in [5.74, 6) is 0.864. The molecule has 0 heterocycles. The molecule has 4 rings (SSSR count). The van der Waals surface area contributed by atoms with Gasteiger partial charge in [-0.2, -0.15) is 0 Å². The second kappa shape index (κ2) is 9.51. The number of hydrogen-bond donors (Lipinski definition) is 1. The zero-order valence-corrected chi connectivity index (χ0v) is 17.6. The number of nitrogens with one attached hydrogen (secondary N) is 1. The van der Waals surface area contributed by atoms with Crippen LogP contribution >= 0.6 is 11.6 Å². The van der Waals surface area contributed by atoms with E-state index < -0.39 is 0 Å². The Hall–Kier alpha value is -3.23. The predicted octanol–water partition coefficient (Wildman–Crippen LogP) is 7.15. The van der Waals surface area contributed by atoms with Gasteiger partial charge in [-0.15, -0.1) is 0 Å². The molecular formula is C27H24ClNO. The van der Waals surface area contributed by atoms with Crippen LogP contribution in [0.3, 0.4) is 0 Å². The number of hydrogen-bond acceptors (Lipinski definition) is 2. The van der Waals surface area contributed by atoms with E-state index in [2.05, 4.69) is 66.0 Å². The van der Waals surface area contributed by atoms with Gasteiger partial charge in [0.1, 0.15) is 5.75 Å². The molecule has 30 heavy (non-hydrogen) atoms. The van der Waals surface area contributed by atoms with Gasteiger partial charge in [0.2, 0.25) is 0 Å². The molecule has 0 saturated carbocycles. The fourth-order valence-electron chi connectivity index (χ4n) is 3.50. The molecule has 1 unspecified atom stereocenters. The fourth-order valence-corrected chi connectivity index (χ4v) is 3.63. The Kier molecular flexibility index (Phi) is 6.36. The zero-order valence-electron chi connectivity index (χ0n) is 16.9. The molecule has 150 valence electrons. The van der Waals surface area contributed by atoms with Gasteiger partial charge in [-0.25, -0.2) is 0 Å². The van der Waals surface area contributed by atoms with Crippen LogP contribution in [0.4, 0.5) is 5.69 Å². The first-order valence-corrected chi connectivity index (χ1v) is 10.4. The molecule has 3 aromatic rings. The maximum absolute atomic E-state index is 6.10. The van der Waals surface area contributed by atoms with Crippen LogP contribution in [0.15, 0.2) is 109 Å². The minimum atomic E-state index is 0.270. The molecule has 0 saturated heterocycles. The summed E-state index contributed by atoms with van der Waals surface area (Å²) in [7, 11) is 1.68. The van der Waals surface area contributed by atoms with Crippen molar-refractivity contribution < 1.29 is 4.74 Å². The second-order valence-electron chi connectivity index (χ2n) is 7.21. The third-order valence-electron chi connectivity index (χ3n) is 5.12. The summed E-state index contributed by atoms with van der Waals surface area (Å²) in [6.45, 7) is 0. The number of allylic oxidation sites excluding steroid dienone is 3. The van der Waals surface area contributed by atoms with Gasteiger partial charge in [0.15, 0.2) is 0 Å². The van der Waals surface area contributed by atoms with E-state index in [-0.39, 0.29) is 6.04 Å². The quantitative estimate of drug-likeness (QED) is 0.463. The van der Waals surface area contributed by atoms with E-state index in [1.807, 2.05) is 42.5 Å². The van der Waals surface area contributed by atoms with E-state index >= 15 is 0 Å². The third kappa shape index (κ3) is 5.03. The molecule has 1 atom stereocenters. The average Bonchev–Trinajstić information content (AvgIpc) is 2.80. The van der Waals surface area contributed by atoms with E-state index in [0.717, 1.165) is 28.4 Å². The van der Waals surface area contributed by atoms with E-state index in [1.165, 1.54) is 16.7 Å². The standard InChI is InChI=1S/C27H24ClNO/c1-30-26-17-15-25(16-18-26)29-24-13-7-20(8-14-24)19-27(21-5-3-2-4-6-21)22-9-11-23(28)12-10-22/h2-13,15-19,24,29H,14H2,1H3. The lowest BCUT2D eigenvalue weighted by Gasteiger charge is -2.19. The molecule has 0 spiro atoms. The van der Waals surface area contributed by atoms with E-state index in [1.54, 1.807) is 7.11 Å². The first-order chi connectivity index (χ1) is 14.7. The maximum atomic E-state index is 6.10. The van der Waals surface area contributed by atoms with Gasteiger partial charge < -0.3 is 10.1 Å². The average molecular weight is 414 g/mol. The Morgan fingerprint density at radius 1 is 0.933 bits per heavy atom. The Morgan fingerprint density at radius 2 is 1.63 bits per heavy atom. The van der Waals surface area contributed by atoms with E-state index in [4.69, 9.17) is 16.3 Å². The number of rotatable bonds is 6. The van der Waals surface area contributed by atoms with Gasteiger partial charge in [0.05, 0.1) is 7.11 Å². The maximum Gasteiger partial charge on any atom is 0.119 e. The normalized spacial score (nSPS) is 16.1. The highest BCUT2D eigenvalue weighted by molar-refractivity contribution is 6.30. The minimum absolute atomic E-state index is 0.270. The van der Waals surface area contributed by atoms with Gasteiger partial charge in [-0.05, 0) is 71.2 Å². The van der Waals surface area contributed by atoms with Crippen LogP contribution in [-0.2, 0) is 0 Å². The van der Waals surface area contributed by atoms with Crippen molar-refractivity contribution in [2.24, 2.45) is 0 Å². The molecule has 0 aromatic heterocycles. The summed E-state index contributed by atoms with van der Waals surface area (Å²) in [4.78, 5) is 0. The highest BCUT2D eigenvalue weighted by Crippen LogP contribution is 2.28. The van der Waals surface area contributed by atoms with Crippen LogP contribution in [0.5, 0.6) is 5.75 Å². The van der Waals surface area contributed by atoms with Gasteiger partial charge >= 0.3 is 0 Å². The van der Waals surface area contributed by atoms with Crippen molar-refractivity contribution in [1.82, 2.24) is 0 Å². The fraction of sp³-hybridized carbons (Fsp3) is 0.111. The van der Waals surface area contributed by atoms with Crippen molar-refractivity contribution in [3.05, 3.63) is 125 Å². The molecule has 2 nitrogen and oxygen atoms in total. The molecule has 3 aromatic carbocycles. The Labute approximate surface area is 183 Å². The van der Waals surface area contributed by atoms with Gasteiger partial charge in [-0.1, -0.05) is 72.3 Å². The Morgan fingerprint density at radius 3 is 2.27 bits per heavy atom. The summed E-state index contributed by atoms with van der Waals surface area (Å²) >= 11 is 6.10. The largest absolute Gasteiger partial charge is 0.497 e. The molecule has 0 aliphatic heterocycles. The third-order valence-corrected chi connectivity index (χ3v) is 5.37. The highest BCUT2D eigenvalue weighted by atomic mass is 35.5. The summed E-state index contributed by atoms with van der Waals surface area (Å²) in [5, 5.41) is 4.30. The molecule has 1 aliphatic carbocycles. The number of methoxy groups -OCH3 is 1. The van der Waals surface area contributed by atoms with Gasteiger partial charge in [0, 0.05) is 16.8 Å². The van der Waals surface area contributed by atoms with Crippen molar-refractivity contribution in [2.75, 3.05) is 12.4 Å². The minimum Gasteiger partial charge on any atom is -0.497 e. The van der Waals surface area contributed by atoms with Gasteiger partial charge in [-0.3, -0.25) is 0 Å². The van der Waals surface area contributed by atoms with Crippen molar-refractivity contribution in [3.63, 3.8) is 0 Å². The Balaban J connectivity index is 1.53. The number of benzene rings is 3. The van der Waals surface area contributed by atoms with Crippen LogP contribution in [0, 0.1) is 0 Å². The predicted molar refractivity (Wildman–Crippen MR) is 127 cm³/mol. The molecule has 1 N–H and O–H groups in total. The number of ether oxygens (including phenoxy) is 1. The van der Waals surface area contributed by atoms with Crippen molar-refractivity contribution in [3.8, 4) is 5.75 Å². The monoisotopic (exact) mass is 413 g/mol. The first-order valence-electron chi connectivity index (χ1n) is 10.0. The second-order valence-corrected chi connectivity index (χ2v) is 7.65. The molecular weight excluding hydrogens is 390 g/mol. The first kappa shape index (κ1) is 20.1. The lowest BCUT2D eigenvalue weighted by molar-refractivity contribution is 0.415. The molecule has 0 radical (unpaired) electrons. The van der Waals surface area contributed by atoms with Gasteiger partial charge in [0.25, 0.3) is 0 Å². The SMILES string of the molecule is COc1ccc(NC2C=CC(C=C(c3ccccc3)c3ccc(Cl)cc3)=CC2)cc1. The summed E-state index contributed by atoms with van der Waals surface area (Å²) in [6.07, 6.45) is 9.86. The summed E-state index contributed by atoms with van der Waals surface area (Å²) in [5.41, 5.74) is 5.82. The number of halogens is 1. The molecule has 1 aliphatic rings. The van der Waals surface area contributed by atoms with Crippen molar-refractivity contribution in [1.29, 1.82) is 0 Å². The van der Waals surface area contributed by atoms with E-state index in [0.29, 0.717) is 0 Å². The van der Waals surface area contributed by atoms with Crippen LogP contribution in [0.1, 0.15) is 17.5 Å². The van der Waals surface area contributed by atoms with Crippen LogP contribution in [0.25, 0.3) is 5.57 Å². The van der Waals surface area contributed by atoms with Crippen LogP contribution in [0.2, 0.25) is 5.02 Å². The van der Waals surface area contributed by atoms with Crippen molar-refractivity contribution in [2.45, 2.75) is 12.5 Å². The molecule has 0 fully saturated rings. The smallest absolute Gasteiger partial charge is 0.119 e. The number of anilines is 1. The lowest BCUT2D eigenvalue weighted by Crippen LogP contribution is -2.17. The van der Waals surface area contributed by atoms with Crippen LogP contribution in [-0.4, -0.2) is 13.2 Å². The zero-order chi connectivity index (χ0) is 20.8. The Bertz CT molecular complexity index is 1060. The topological polar surface area (TPSA) is 21.3 Å². The highest BCUT2D eigenvalue weighted by Gasteiger charge is 2.10. The van der Waals surface area contributed by atoms with Crippen molar-refractivity contribution >= 4 is 22.9 Å². The summed E-state index contributed by atoms with van der Waals surface area (Å²) in [6, 6.07) is 26.8. The molecule has 0 amide bonds.